The van der Waals surface area contributed by atoms with E-state index in [0.717, 1.165) is 25.6 Å². The summed E-state index contributed by atoms with van der Waals surface area (Å²) in [7, 11) is 0. The van der Waals surface area contributed by atoms with Crippen molar-refractivity contribution in [3.8, 4) is 0 Å². The number of nitrogens with zero attached hydrogens (tertiary/aromatic N) is 2. The Kier molecular flexibility index (Phi) is 3.92. The van der Waals surface area contributed by atoms with E-state index in [0.29, 0.717) is 17.0 Å². The topological polar surface area (TPSA) is 28.2 Å². The standard InChI is InChI=1S/C17H29N3S/c1-12-19-14(10-21-12)9-20-11-17(5,13-6-7-13)18-8-15(20)16(2,3)4/h10,13,15,18H,6-9,11H2,1-5H3. The highest BCUT2D eigenvalue weighted by molar-refractivity contribution is 7.09. The molecular weight excluding hydrogens is 278 g/mol. The zero-order chi connectivity index (χ0) is 15.3. The minimum absolute atomic E-state index is 0.295. The molecule has 0 amide bonds. The lowest BCUT2D eigenvalue weighted by Gasteiger charge is -2.50. The van der Waals surface area contributed by atoms with Crippen molar-refractivity contribution in [2.24, 2.45) is 11.3 Å². The van der Waals surface area contributed by atoms with E-state index in [1.165, 1.54) is 23.5 Å². The lowest BCUT2D eigenvalue weighted by molar-refractivity contribution is 0.0138. The smallest absolute Gasteiger partial charge is 0.0897 e. The Morgan fingerprint density at radius 3 is 2.67 bits per heavy atom. The third-order valence-electron chi connectivity index (χ3n) is 5.18. The maximum atomic E-state index is 4.69. The normalized spacial score (nSPS) is 31.6. The molecule has 1 aromatic heterocycles. The van der Waals surface area contributed by atoms with Gasteiger partial charge < -0.3 is 5.32 Å². The highest BCUT2D eigenvalue weighted by Crippen LogP contribution is 2.43. The molecule has 2 fully saturated rings. The number of rotatable bonds is 3. The van der Waals surface area contributed by atoms with Gasteiger partial charge in [0.15, 0.2) is 0 Å². The molecule has 3 rings (SSSR count). The molecule has 4 heteroatoms. The van der Waals surface area contributed by atoms with Gasteiger partial charge in [-0.25, -0.2) is 4.98 Å². The molecule has 3 nitrogen and oxygen atoms in total. The minimum atomic E-state index is 0.295. The van der Waals surface area contributed by atoms with Crippen LogP contribution < -0.4 is 5.32 Å². The van der Waals surface area contributed by atoms with E-state index < -0.39 is 0 Å². The number of aryl methyl sites for hydroxylation is 1. The lowest BCUT2D eigenvalue weighted by Crippen LogP contribution is -2.66. The van der Waals surface area contributed by atoms with E-state index in [1.807, 2.05) is 0 Å². The van der Waals surface area contributed by atoms with E-state index in [4.69, 9.17) is 0 Å². The third-order valence-corrected chi connectivity index (χ3v) is 6.00. The van der Waals surface area contributed by atoms with E-state index >= 15 is 0 Å². The number of thiazole rings is 1. The van der Waals surface area contributed by atoms with Crippen molar-refractivity contribution >= 4 is 11.3 Å². The summed E-state index contributed by atoms with van der Waals surface area (Å²) in [4.78, 5) is 7.37. The summed E-state index contributed by atoms with van der Waals surface area (Å²) in [6.07, 6.45) is 2.79. The summed E-state index contributed by atoms with van der Waals surface area (Å²) < 4.78 is 0. The second-order valence-electron chi connectivity index (χ2n) is 8.22. The fraction of sp³-hybridized carbons (Fsp3) is 0.824. The SMILES string of the molecule is Cc1nc(CN2CC(C)(C3CC3)NCC2C(C)(C)C)cs1. The molecule has 1 saturated heterocycles. The summed E-state index contributed by atoms with van der Waals surface area (Å²) in [5, 5.41) is 7.28. The fourth-order valence-electron chi connectivity index (χ4n) is 3.75. The number of nitrogens with one attached hydrogen (secondary N) is 1. The van der Waals surface area contributed by atoms with Crippen molar-refractivity contribution in [1.29, 1.82) is 0 Å². The van der Waals surface area contributed by atoms with Gasteiger partial charge in [-0.3, -0.25) is 4.90 Å². The van der Waals surface area contributed by atoms with Crippen LogP contribution in [0.15, 0.2) is 5.38 Å². The van der Waals surface area contributed by atoms with Crippen molar-refractivity contribution in [2.75, 3.05) is 13.1 Å². The van der Waals surface area contributed by atoms with Crippen LogP contribution in [-0.2, 0) is 6.54 Å². The lowest BCUT2D eigenvalue weighted by atomic mass is 9.80. The Morgan fingerprint density at radius 2 is 2.14 bits per heavy atom. The first kappa shape index (κ1) is 15.4. The molecule has 0 bridgehead atoms. The predicted molar refractivity (Wildman–Crippen MR) is 89.6 cm³/mol. The van der Waals surface area contributed by atoms with Gasteiger partial charge in [-0.1, -0.05) is 20.8 Å². The van der Waals surface area contributed by atoms with Crippen LogP contribution in [0.4, 0.5) is 0 Å². The summed E-state index contributed by atoms with van der Waals surface area (Å²) in [6, 6.07) is 0.575. The summed E-state index contributed by atoms with van der Waals surface area (Å²) in [5.74, 6) is 0.873. The van der Waals surface area contributed by atoms with E-state index in [1.54, 1.807) is 11.3 Å². The van der Waals surface area contributed by atoms with Crippen molar-refractivity contribution in [3.63, 3.8) is 0 Å². The van der Waals surface area contributed by atoms with Gasteiger partial charge in [-0.15, -0.1) is 11.3 Å². The third kappa shape index (κ3) is 3.33. The molecule has 1 aromatic rings. The van der Waals surface area contributed by atoms with Crippen molar-refractivity contribution in [2.45, 2.75) is 65.6 Å². The second kappa shape index (κ2) is 5.32. The zero-order valence-corrected chi connectivity index (χ0v) is 14.9. The molecule has 0 radical (unpaired) electrons. The minimum Gasteiger partial charge on any atom is -0.308 e. The van der Waals surface area contributed by atoms with E-state index in [9.17, 15) is 0 Å². The molecule has 2 heterocycles. The molecule has 118 valence electrons. The van der Waals surface area contributed by atoms with E-state index in [2.05, 4.69) is 55.2 Å². The summed E-state index contributed by atoms with van der Waals surface area (Å²) >= 11 is 1.77. The predicted octanol–water partition coefficient (Wildman–Crippen LogP) is 3.44. The Balaban J connectivity index is 1.79. The number of aromatic nitrogens is 1. The van der Waals surface area contributed by atoms with Crippen molar-refractivity contribution in [1.82, 2.24) is 15.2 Å². The molecule has 1 aliphatic heterocycles. The molecule has 2 atom stereocenters. The average molecular weight is 308 g/mol. The Bertz CT molecular complexity index is 500. The average Bonchev–Trinajstić information content (AvgIpc) is 3.14. The Hall–Kier alpha value is -0.450. The van der Waals surface area contributed by atoms with Gasteiger partial charge in [0.05, 0.1) is 10.7 Å². The number of hydrogen-bond acceptors (Lipinski definition) is 4. The molecule has 1 N–H and O–H groups in total. The van der Waals surface area contributed by atoms with E-state index in [-0.39, 0.29) is 0 Å². The summed E-state index contributed by atoms with van der Waals surface area (Å²) in [6.45, 7) is 14.8. The molecule has 1 aliphatic carbocycles. The van der Waals surface area contributed by atoms with Gasteiger partial charge in [-0.05, 0) is 38.0 Å². The van der Waals surface area contributed by atoms with Gasteiger partial charge in [0, 0.05) is 36.6 Å². The number of hydrogen-bond donors (Lipinski definition) is 1. The van der Waals surface area contributed by atoms with Crippen LogP contribution in [0.3, 0.4) is 0 Å². The first-order valence-corrected chi connectivity index (χ1v) is 9.06. The molecule has 1 saturated carbocycles. The first-order valence-electron chi connectivity index (χ1n) is 8.18. The fourth-order valence-corrected chi connectivity index (χ4v) is 4.35. The Labute approximate surface area is 133 Å². The van der Waals surface area contributed by atoms with Crippen LogP contribution in [0, 0.1) is 18.3 Å². The highest BCUT2D eigenvalue weighted by Gasteiger charge is 2.47. The van der Waals surface area contributed by atoms with Crippen LogP contribution >= 0.6 is 11.3 Å². The Morgan fingerprint density at radius 1 is 1.43 bits per heavy atom. The molecule has 0 spiro atoms. The van der Waals surface area contributed by atoms with Gasteiger partial charge in [-0.2, -0.15) is 0 Å². The molecule has 2 aliphatic rings. The van der Waals surface area contributed by atoms with Crippen LogP contribution in [-0.4, -0.2) is 34.6 Å². The van der Waals surface area contributed by atoms with Gasteiger partial charge >= 0.3 is 0 Å². The van der Waals surface area contributed by atoms with Gasteiger partial charge in [0.2, 0.25) is 0 Å². The molecular formula is C17H29N3S. The van der Waals surface area contributed by atoms with Crippen LogP contribution in [0.25, 0.3) is 0 Å². The van der Waals surface area contributed by atoms with Crippen LogP contribution in [0.2, 0.25) is 0 Å². The summed E-state index contributed by atoms with van der Waals surface area (Å²) in [5.41, 5.74) is 1.84. The van der Waals surface area contributed by atoms with Gasteiger partial charge in [0.1, 0.15) is 0 Å². The van der Waals surface area contributed by atoms with Crippen molar-refractivity contribution < 1.29 is 0 Å². The highest BCUT2D eigenvalue weighted by atomic mass is 32.1. The second-order valence-corrected chi connectivity index (χ2v) is 9.28. The quantitative estimate of drug-likeness (QED) is 0.927. The van der Waals surface area contributed by atoms with Gasteiger partial charge in [0.25, 0.3) is 0 Å². The monoisotopic (exact) mass is 307 g/mol. The number of piperazine rings is 1. The van der Waals surface area contributed by atoms with Crippen molar-refractivity contribution in [3.05, 3.63) is 16.1 Å². The van der Waals surface area contributed by atoms with Crippen LogP contribution in [0.1, 0.15) is 51.2 Å². The maximum absolute atomic E-state index is 4.69. The van der Waals surface area contributed by atoms with Crippen LogP contribution in [0.5, 0.6) is 0 Å². The first-order chi connectivity index (χ1) is 9.78. The maximum Gasteiger partial charge on any atom is 0.0897 e. The molecule has 0 aromatic carbocycles. The molecule has 21 heavy (non-hydrogen) atoms. The largest absolute Gasteiger partial charge is 0.308 e. The zero-order valence-electron chi connectivity index (χ0n) is 14.1. The molecule has 2 unspecified atom stereocenters.